The summed E-state index contributed by atoms with van der Waals surface area (Å²) >= 11 is 0. The number of benzene rings is 1. The minimum atomic E-state index is -0.00447. The van der Waals surface area contributed by atoms with Crippen LogP contribution in [-0.4, -0.2) is 11.9 Å². The lowest BCUT2D eigenvalue weighted by Crippen LogP contribution is -2.37. The van der Waals surface area contributed by atoms with Crippen LogP contribution in [0.5, 0.6) is 0 Å². The Labute approximate surface area is 109 Å². The summed E-state index contributed by atoms with van der Waals surface area (Å²) in [7, 11) is 0. The second-order valence-electron chi connectivity index (χ2n) is 4.96. The Morgan fingerprint density at radius 3 is 3.11 bits per heavy atom. The summed E-state index contributed by atoms with van der Waals surface area (Å²) in [6.45, 7) is 1.95. The molecule has 2 heteroatoms. The molecule has 1 amide bonds. The second kappa shape index (κ2) is 5.73. The van der Waals surface area contributed by atoms with Crippen molar-refractivity contribution in [1.29, 1.82) is 0 Å². The van der Waals surface area contributed by atoms with Crippen LogP contribution in [0.15, 0.2) is 24.3 Å². The normalized spacial score (nSPS) is 19.4. The van der Waals surface area contributed by atoms with E-state index in [1.807, 2.05) is 19.1 Å². The fourth-order valence-corrected chi connectivity index (χ4v) is 2.60. The number of carbonyl (C=O) groups is 1. The first kappa shape index (κ1) is 12.7. The average molecular weight is 241 g/mol. The monoisotopic (exact) mass is 241 g/mol. The maximum absolute atomic E-state index is 12.3. The van der Waals surface area contributed by atoms with Crippen molar-refractivity contribution in [2.24, 2.45) is 0 Å². The molecule has 0 bridgehead atoms. The number of fused-ring (bicyclic) bond motifs is 1. The standard InChI is InChI=1S/C16H19NO/c1-3-7-12(2)17-16(18)15-11-6-9-13-8-4-5-10-14(13)15/h1,4-5,8,10,12,15H,6-7,9,11H2,2H3,(H,17,18). The number of hydrogen-bond donors (Lipinski definition) is 1. The van der Waals surface area contributed by atoms with Crippen molar-refractivity contribution in [2.75, 3.05) is 0 Å². The van der Waals surface area contributed by atoms with Gasteiger partial charge in [0.1, 0.15) is 0 Å². The number of aryl methyl sites for hydroxylation is 1. The summed E-state index contributed by atoms with van der Waals surface area (Å²) in [5, 5.41) is 3.01. The molecule has 0 fully saturated rings. The molecule has 0 heterocycles. The molecule has 1 aliphatic carbocycles. The molecule has 1 aliphatic rings. The molecule has 1 aromatic rings. The minimum absolute atomic E-state index is 0.00447. The zero-order valence-electron chi connectivity index (χ0n) is 10.8. The van der Waals surface area contributed by atoms with Crippen LogP contribution >= 0.6 is 0 Å². The third kappa shape index (κ3) is 2.73. The first-order valence-corrected chi connectivity index (χ1v) is 6.54. The van der Waals surface area contributed by atoms with Gasteiger partial charge >= 0.3 is 0 Å². The Balaban J connectivity index is 2.11. The zero-order chi connectivity index (χ0) is 13.0. The molecule has 2 nitrogen and oxygen atoms in total. The van der Waals surface area contributed by atoms with Crippen molar-refractivity contribution in [3.63, 3.8) is 0 Å². The first-order chi connectivity index (χ1) is 8.72. The van der Waals surface area contributed by atoms with Crippen molar-refractivity contribution in [3.8, 4) is 12.3 Å². The molecule has 18 heavy (non-hydrogen) atoms. The van der Waals surface area contributed by atoms with Crippen LogP contribution in [0.3, 0.4) is 0 Å². The van der Waals surface area contributed by atoms with Gasteiger partial charge < -0.3 is 5.32 Å². The summed E-state index contributed by atoms with van der Waals surface area (Å²) in [5.41, 5.74) is 2.50. The molecule has 1 aromatic carbocycles. The van der Waals surface area contributed by atoms with Gasteiger partial charge in [0.25, 0.3) is 0 Å². The topological polar surface area (TPSA) is 29.1 Å². The number of hydrogen-bond acceptors (Lipinski definition) is 1. The van der Waals surface area contributed by atoms with E-state index in [9.17, 15) is 4.79 Å². The molecular formula is C16H19NO. The molecule has 0 aromatic heterocycles. The molecule has 0 spiro atoms. The van der Waals surface area contributed by atoms with Crippen molar-refractivity contribution in [2.45, 2.75) is 44.6 Å². The van der Waals surface area contributed by atoms with Gasteiger partial charge in [-0.15, -0.1) is 12.3 Å². The summed E-state index contributed by atoms with van der Waals surface area (Å²) in [6, 6.07) is 8.30. The van der Waals surface area contributed by atoms with Crippen LogP contribution in [0.4, 0.5) is 0 Å². The highest BCUT2D eigenvalue weighted by Crippen LogP contribution is 2.31. The number of rotatable bonds is 3. The summed E-state index contributed by atoms with van der Waals surface area (Å²) in [4.78, 5) is 12.3. The number of terminal acetylenes is 1. The molecule has 94 valence electrons. The van der Waals surface area contributed by atoms with E-state index in [2.05, 4.69) is 23.4 Å². The maximum atomic E-state index is 12.3. The molecule has 0 aliphatic heterocycles. The van der Waals surface area contributed by atoms with Gasteiger partial charge in [0.15, 0.2) is 0 Å². The van der Waals surface area contributed by atoms with Crippen LogP contribution in [-0.2, 0) is 11.2 Å². The predicted octanol–water partition coefficient (Wildman–Crippen LogP) is 2.63. The van der Waals surface area contributed by atoms with E-state index in [4.69, 9.17) is 6.42 Å². The Morgan fingerprint density at radius 2 is 2.33 bits per heavy atom. The van der Waals surface area contributed by atoms with Crippen LogP contribution in [0.25, 0.3) is 0 Å². The molecular weight excluding hydrogens is 222 g/mol. The predicted molar refractivity (Wildman–Crippen MR) is 73.2 cm³/mol. The second-order valence-corrected chi connectivity index (χ2v) is 4.96. The molecule has 0 saturated heterocycles. The van der Waals surface area contributed by atoms with Gasteiger partial charge in [0.05, 0.1) is 5.92 Å². The molecule has 2 unspecified atom stereocenters. The minimum Gasteiger partial charge on any atom is -0.352 e. The Bertz CT molecular complexity index is 472. The van der Waals surface area contributed by atoms with Gasteiger partial charge in [0.2, 0.25) is 5.91 Å². The highest BCUT2D eigenvalue weighted by molar-refractivity contribution is 5.84. The number of nitrogens with one attached hydrogen (secondary N) is 1. The smallest absolute Gasteiger partial charge is 0.227 e. The zero-order valence-corrected chi connectivity index (χ0v) is 10.8. The van der Waals surface area contributed by atoms with E-state index in [0.29, 0.717) is 6.42 Å². The molecule has 2 atom stereocenters. The quantitative estimate of drug-likeness (QED) is 0.810. The van der Waals surface area contributed by atoms with Crippen LogP contribution in [0.2, 0.25) is 0 Å². The lowest BCUT2D eigenvalue weighted by Gasteiger charge is -2.25. The average Bonchev–Trinajstić information content (AvgIpc) is 2.38. The summed E-state index contributed by atoms with van der Waals surface area (Å²) in [6.07, 6.45) is 8.94. The highest BCUT2D eigenvalue weighted by Gasteiger charge is 2.26. The summed E-state index contributed by atoms with van der Waals surface area (Å²) in [5.74, 6) is 2.69. The number of amides is 1. The van der Waals surface area contributed by atoms with Crippen LogP contribution < -0.4 is 5.32 Å². The Hall–Kier alpha value is -1.75. The largest absolute Gasteiger partial charge is 0.352 e. The van der Waals surface area contributed by atoms with Crippen molar-refractivity contribution >= 4 is 5.91 Å². The van der Waals surface area contributed by atoms with Gasteiger partial charge in [-0.3, -0.25) is 4.79 Å². The molecule has 2 rings (SSSR count). The van der Waals surface area contributed by atoms with E-state index >= 15 is 0 Å². The highest BCUT2D eigenvalue weighted by atomic mass is 16.1. The number of carbonyl (C=O) groups excluding carboxylic acids is 1. The SMILES string of the molecule is C#CCC(C)NC(=O)C1CCCc2ccccc21. The molecule has 1 N–H and O–H groups in total. The maximum Gasteiger partial charge on any atom is 0.227 e. The van der Waals surface area contributed by atoms with Crippen molar-refractivity contribution in [1.82, 2.24) is 5.32 Å². The van der Waals surface area contributed by atoms with Gasteiger partial charge in [-0.1, -0.05) is 24.3 Å². The van der Waals surface area contributed by atoms with Crippen LogP contribution in [0, 0.1) is 12.3 Å². The summed E-state index contributed by atoms with van der Waals surface area (Å²) < 4.78 is 0. The van der Waals surface area contributed by atoms with Crippen molar-refractivity contribution in [3.05, 3.63) is 35.4 Å². The van der Waals surface area contributed by atoms with Crippen LogP contribution in [0.1, 0.15) is 43.2 Å². The van der Waals surface area contributed by atoms with E-state index in [0.717, 1.165) is 19.3 Å². The molecule has 0 saturated carbocycles. The van der Waals surface area contributed by atoms with Gasteiger partial charge in [-0.2, -0.15) is 0 Å². The third-order valence-electron chi connectivity index (χ3n) is 3.50. The third-order valence-corrected chi connectivity index (χ3v) is 3.50. The van der Waals surface area contributed by atoms with E-state index in [1.54, 1.807) is 0 Å². The van der Waals surface area contributed by atoms with E-state index in [-0.39, 0.29) is 17.9 Å². The fourth-order valence-electron chi connectivity index (χ4n) is 2.60. The fraction of sp³-hybridized carbons (Fsp3) is 0.438. The molecule has 0 radical (unpaired) electrons. The van der Waals surface area contributed by atoms with Gasteiger partial charge in [-0.05, 0) is 37.3 Å². The van der Waals surface area contributed by atoms with E-state index < -0.39 is 0 Å². The van der Waals surface area contributed by atoms with Crippen molar-refractivity contribution < 1.29 is 4.79 Å². The Morgan fingerprint density at radius 1 is 1.56 bits per heavy atom. The van der Waals surface area contributed by atoms with E-state index in [1.165, 1.54) is 11.1 Å². The lowest BCUT2D eigenvalue weighted by molar-refractivity contribution is -0.123. The van der Waals surface area contributed by atoms with Gasteiger partial charge in [0, 0.05) is 12.5 Å². The van der Waals surface area contributed by atoms with Gasteiger partial charge in [-0.25, -0.2) is 0 Å². The Kier molecular flexibility index (Phi) is 4.04. The lowest BCUT2D eigenvalue weighted by atomic mass is 9.82. The first-order valence-electron chi connectivity index (χ1n) is 6.54.